The minimum atomic E-state index is -4.64. The zero-order chi connectivity index (χ0) is 22.5. The summed E-state index contributed by atoms with van der Waals surface area (Å²) in [5.41, 5.74) is -0.149. The highest BCUT2D eigenvalue weighted by Gasteiger charge is 2.37. The molecule has 0 atom stereocenters. The number of halogens is 4. The molecule has 3 heterocycles. The molecule has 1 amide bonds. The summed E-state index contributed by atoms with van der Waals surface area (Å²) in [6.07, 6.45) is -0.208. The summed E-state index contributed by atoms with van der Waals surface area (Å²) < 4.78 is 56.4. The van der Waals surface area contributed by atoms with Crippen LogP contribution in [0.2, 0.25) is 0 Å². The van der Waals surface area contributed by atoms with Crippen molar-refractivity contribution in [1.29, 1.82) is 0 Å². The number of nitrogens with zero attached hydrogens (tertiary/aromatic N) is 5. The minimum Gasteiger partial charge on any atom is -0.318 e. The first-order chi connectivity index (χ1) is 15.3. The van der Waals surface area contributed by atoms with E-state index in [4.69, 9.17) is 0 Å². The van der Waals surface area contributed by atoms with Crippen LogP contribution in [0.3, 0.4) is 0 Å². The van der Waals surface area contributed by atoms with Gasteiger partial charge in [-0.2, -0.15) is 23.4 Å². The third kappa shape index (κ3) is 3.93. The van der Waals surface area contributed by atoms with E-state index in [0.29, 0.717) is 21.5 Å². The first-order valence-corrected chi connectivity index (χ1v) is 9.83. The molecule has 7 nitrogen and oxygen atoms in total. The SMILES string of the molecule is O=C(Nc1cnn(Cc2ccccc2F)c1)c1cc2nc(C3CC3)cc(C(F)(F)F)n2n1. The Morgan fingerprint density at radius 3 is 2.69 bits per heavy atom. The maximum atomic E-state index is 13.8. The minimum absolute atomic E-state index is 0.00793. The molecule has 5 rings (SSSR count). The van der Waals surface area contributed by atoms with Gasteiger partial charge in [0.15, 0.2) is 11.3 Å². The maximum absolute atomic E-state index is 13.8. The third-order valence-electron chi connectivity index (χ3n) is 5.15. The highest BCUT2D eigenvalue weighted by molar-refractivity contribution is 6.03. The summed E-state index contributed by atoms with van der Waals surface area (Å²) in [7, 11) is 0. The Hall–Kier alpha value is -3.76. The van der Waals surface area contributed by atoms with Crippen molar-refractivity contribution in [3.05, 3.63) is 77.3 Å². The lowest BCUT2D eigenvalue weighted by Crippen LogP contribution is -2.16. The fourth-order valence-electron chi connectivity index (χ4n) is 3.41. The molecule has 4 aromatic rings. The van der Waals surface area contributed by atoms with Gasteiger partial charge in [0.1, 0.15) is 11.5 Å². The second kappa shape index (κ2) is 7.43. The highest BCUT2D eigenvalue weighted by Crippen LogP contribution is 2.41. The van der Waals surface area contributed by atoms with E-state index < -0.39 is 17.8 Å². The van der Waals surface area contributed by atoms with Crippen molar-refractivity contribution in [1.82, 2.24) is 24.4 Å². The lowest BCUT2D eigenvalue weighted by Gasteiger charge is -2.10. The van der Waals surface area contributed by atoms with Crippen LogP contribution in [-0.2, 0) is 12.7 Å². The Kier molecular flexibility index (Phi) is 4.68. The Balaban J connectivity index is 1.38. The molecule has 164 valence electrons. The molecule has 3 aromatic heterocycles. The van der Waals surface area contributed by atoms with Gasteiger partial charge in [-0.05, 0) is 25.0 Å². The van der Waals surface area contributed by atoms with Crippen molar-refractivity contribution in [2.75, 3.05) is 5.32 Å². The molecular formula is C21H16F4N6O. The molecule has 1 N–H and O–H groups in total. The van der Waals surface area contributed by atoms with Crippen molar-refractivity contribution in [3.63, 3.8) is 0 Å². The van der Waals surface area contributed by atoms with Crippen molar-refractivity contribution < 1.29 is 22.4 Å². The Labute approximate surface area is 178 Å². The number of amides is 1. The molecule has 1 aromatic carbocycles. The number of aromatic nitrogens is 5. The molecule has 0 aliphatic heterocycles. The molecule has 0 saturated heterocycles. The molecule has 11 heteroatoms. The van der Waals surface area contributed by atoms with Gasteiger partial charge in [-0.15, -0.1) is 0 Å². The molecule has 0 radical (unpaired) electrons. The lowest BCUT2D eigenvalue weighted by molar-refractivity contribution is -0.142. The molecule has 1 aliphatic carbocycles. The van der Waals surface area contributed by atoms with E-state index in [-0.39, 0.29) is 29.6 Å². The molecule has 0 unspecified atom stereocenters. The van der Waals surface area contributed by atoms with E-state index in [1.165, 1.54) is 29.2 Å². The average Bonchev–Trinajstić information content (AvgIpc) is 3.35. The lowest BCUT2D eigenvalue weighted by atomic mass is 10.2. The van der Waals surface area contributed by atoms with Crippen molar-refractivity contribution in [3.8, 4) is 0 Å². The van der Waals surface area contributed by atoms with Crippen LogP contribution in [0.15, 0.2) is 48.8 Å². The van der Waals surface area contributed by atoms with Gasteiger partial charge in [-0.1, -0.05) is 18.2 Å². The first kappa shape index (κ1) is 20.2. The predicted octanol–water partition coefficient (Wildman–Crippen LogP) is 4.26. The first-order valence-electron chi connectivity index (χ1n) is 9.83. The fraction of sp³-hybridized carbons (Fsp3) is 0.238. The van der Waals surface area contributed by atoms with Gasteiger partial charge in [0.25, 0.3) is 5.91 Å². The number of rotatable bonds is 5. The number of anilines is 1. The number of alkyl halides is 3. The summed E-state index contributed by atoms with van der Waals surface area (Å²) in [5, 5.41) is 10.4. The summed E-state index contributed by atoms with van der Waals surface area (Å²) in [6, 6.07) is 8.45. The third-order valence-corrected chi connectivity index (χ3v) is 5.15. The monoisotopic (exact) mass is 444 g/mol. The topological polar surface area (TPSA) is 77.1 Å². The van der Waals surface area contributed by atoms with Crippen molar-refractivity contribution >= 4 is 17.2 Å². The van der Waals surface area contributed by atoms with Gasteiger partial charge in [-0.25, -0.2) is 13.9 Å². The van der Waals surface area contributed by atoms with E-state index in [2.05, 4.69) is 20.5 Å². The Morgan fingerprint density at radius 2 is 1.97 bits per heavy atom. The number of fused-ring (bicyclic) bond motifs is 1. The van der Waals surface area contributed by atoms with Crippen LogP contribution in [0.25, 0.3) is 5.65 Å². The predicted molar refractivity (Wildman–Crippen MR) is 106 cm³/mol. The van der Waals surface area contributed by atoms with E-state index >= 15 is 0 Å². The van der Waals surface area contributed by atoms with Crippen LogP contribution < -0.4 is 5.32 Å². The van der Waals surface area contributed by atoms with Gasteiger partial charge in [0.2, 0.25) is 0 Å². The zero-order valence-electron chi connectivity index (χ0n) is 16.5. The summed E-state index contributed by atoms with van der Waals surface area (Å²) in [5.74, 6) is -1.08. The van der Waals surface area contributed by atoms with Crippen LogP contribution in [0.1, 0.15) is 46.2 Å². The normalized spacial score (nSPS) is 14.1. The molecule has 1 fully saturated rings. The zero-order valence-corrected chi connectivity index (χ0v) is 16.5. The van der Waals surface area contributed by atoms with Gasteiger partial charge in [0.05, 0.1) is 18.4 Å². The van der Waals surface area contributed by atoms with Gasteiger partial charge in [-0.3, -0.25) is 9.48 Å². The second-order valence-corrected chi connectivity index (χ2v) is 7.61. The van der Waals surface area contributed by atoms with Crippen molar-refractivity contribution in [2.45, 2.75) is 31.5 Å². The molecule has 32 heavy (non-hydrogen) atoms. The maximum Gasteiger partial charge on any atom is 0.433 e. The molecule has 0 spiro atoms. The van der Waals surface area contributed by atoms with Gasteiger partial charge < -0.3 is 5.32 Å². The van der Waals surface area contributed by atoms with Gasteiger partial charge >= 0.3 is 6.18 Å². The standard InChI is InChI=1S/C21H16F4N6O/c22-15-4-2-1-3-13(15)10-30-11-14(9-26-30)27-20(32)17-8-19-28-16(12-5-6-12)7-18(21(23,24)25)31(19)29-17/h1-4,7-9,11-12H,5-6,10H2,(H,27,32). The summed E-state index contributed by atoms with van der Waals surface area (Å²) in [6.45, 7) is 0.152. The number of carbonyl (C=O) groups excluding carboxylic acids is 1. The highest BCUT2D eigenvalue weighted by atomic mass is 19.4. The number of nitrogens with one attached hydrogen (secondary N) is 1. The quantitative estimate of drug-likeness (QED) is 0.467. The van der Waals surface area contributed by atoms with Crippen molar-refractivity contribution in [2.24, 2.45) is 0 Å². The summed E-state index contributed by atoms with van der Waals surface area (Å²) >= 11 is 0. The molecular weight excluding hydrogens is 428 g/mol. The molecule has 1 aliphatic rings. The van der Waals surface area contributed by atoms with E-state index in [0.717, 1.165) is 18.9 Å². The van der Waals surface area contributed by atoms with Crippen LogP contribution in [0.4, 0.5) is 23.2 Å². The number of hydrogen-bond acceptors (Lipinski definition) is 4. The van der Waals surface area contributed by atoms with E-state index in [1.807, 2.05) is 0 Å². The van der Waals surface area contributed by atoms with E-state index in [1.54, 1.807) is 18.2 Å². The largest absolute Gasteiger partial charge is 0.433 e. The molecule has 0 bridgehead atoms. The van der Waals surface area contributed by atoms with Crippen LogP contribution >= 0.6 is 0 Å². The molecule has 1 saturated carbocycles. The Bertz CT molecular complexity index is 1320. The number of carbonyl (C=O) groups is 1. The van der Waals surface area contributed by atoms with Crippen LogP contribution in [0.5, 0.6) is 0 Å². The number of hydrogen-bond donors (Lipinski definition) is 1. The van der Waals surface area contributed by atoms with Gasteiger partial charge in [0, 0.05) is 29.4 Å². The summed E-state index contributed by atoms with van der Waals surface area (Å²) in [4.78, 5) is 16.9. The smallest absolute Gasteiger partial charge is 0.318 e. The average molecular weight is 444 g/mol. The van der Waals surface area contributed by atoms with E-state index in [9.17, 15) is 22.4 Å². The van der Waals surface area contributed by atoms with Crippen LogP contribution in [0, 0.1) is 5.82 Å². The Morgan fingerprint density at radius 1 is 1.19 bits per heavy atom. The second-order valence-electron chi connectivity index (χ2n) is 7.61. The number of benzene rings is 1. The van der Waals surface area contributed by atoms with Crippen LogP contribution in [-0.4, -0.2) is 30.3 Å². The fourth-order valence-corrected chi connectivity index (χ4v) is 3.41.